The molecule has 1 aliphatic heterocycles. The quantitative estimate of drug-likeness (QED) is 0.803. The van der Waals surface area contributed by atoms with Crippen LogP contribution in [0.4, 0.5) is 5.69 Å². The van der Waals surface area contributed by atoms with E-state index in [9.17, 15) is 15.0 Å². The minimum absolute atomic E-state index is 0.0310. The normalized spacial score (nSPS) is 16.6. The number of amides is 1. The zero-order valence-corrected chi connectivity index (χ0v) is 14.2. The van der Waals surface area contributed by atoms with Crippen LogP contribution in [-0.2, 0) is 0 Å². The van der Waals surface area contributed by atoms with Gasteiger partial charge in [-0.05, 0) is 37.1 Å². The Kier molecular flexibility index (Phi) is 6.02. The van der Waals surface area contributed by atoms with Crippen LogP contribution in [0.1, 0.15) is 36.5 Å². The van der Waals surface area contributed by atoms with Gasteiger partial charge in [0.25, 0.3) is 5.91 Å². The molecule has 1 aromatic carbocycles. The summed E-state index contributed by atoms with van der Waals surface area (Å²) in [6, 6.07) is 7.67. The van der Waals surface area contributed by atoms with Crippen molar-refractivity contribution in [3.05, 3.63) is 29.8 Å². The van der Waals surface area contributed by atoms with Gasteiger partial charge in [0, 0.05) is 43.3 Å². The SMILES string of the molecule is CCCCN(C)c1ccc(C(=O)N2CCC(CO)(CO)C2)cc1. The molecular weight excluding hydrogens is 292 g/mol. The van der Waals surface area contributed by atoms with Gasteiger partial charge in [-0.3, -0.25) is 4.79 Å². The summed E-state index contributed by atoms with van der Waals surface area (Å²) in [7, 11) is 2.06. The molecule has 0 aliphatic carbocycles. The Morgan fingerprint density at radius 2 is 1.91 bits per heavy atom. The number of anilines is 1. The smallest absolute Gasteiger partial charge is 0.253 e. The Hall–Kier alpha value is -1.59. The highest BCUT2D eigenvalue weighted by Crippen LogP contribution is 2.30. The molecule has 128 valence electrons. The van der Waals surface area contributed by atoms with Crippen LogP contribution in [0.25, 0.3) is 0 Å². The highest BCUT2D eigenvalue weighted by molar-refractivity contribution is 5.94. The van der Waals surface area contributed by atoms with E-state index in [0.29, 0.717) is 25.1 Å². The predicted octanol–water partition coefficient (Wildman–Crippen LogP) is 1.74. The first kappa shape index (κ1) is 17.8. The van der Waals surface area contributed by atoms with Gasteiger partial charge in [-0.1, -0.05) is 13.3 Å². The molecular formula is C18H28N2O3. The van der Waals surface area contributed by atoms with Crippen LogP contribution in [0.15, 0.2) is 24.3 Å². The molecule has 0 bridgehead atoms. The highest BCUT2D eigenvalue weighted by atomic mass is 16.3. The maximum Gasteiger partial charge on any atom is 0.253 e. The molecule has 0 radical (unpaired) electrons. The highest BCUT2D eigenvalue weighted by Gasteiger charge is 2.39. The first-order valence-electron chi connectivity index (χ1n) is 8.37. The van der Waals surface area contributed by atoms with Crippen molar-refractivity contribution in [1.29, 1.82) is 0 Å². The van der Waals surface area contributed by atoms with E-state index in [1.165, 1.54) is 0 Å². The van der Waals surface area contributed by atoms with Gasteiger partial charge in [0.1, 0.15) is 0 Å². The van der Waals surface area contributed by atoms with Gasteiger partial charge in [0.15, 0.2) is 0 Å². The molecule has 2 rings (SSSR count). The number of rotatable bonds is 7. The average molecular weight is 320 g/mol. The van der Waals surface area contributed by atoms with E-state index in [1.807, 2.05) is 24.3 Å². The third-order valence-electron chi connectivity index (χ3n) is 4.80. The second-order valence-electron chi connectivity index (χ2n) is 6.61. The van der Waals surface area contributed by atoms with Crippen LogP contribution in [0.3, 0.4) is 0 Å². The Morgan fingerprint density at radius 1 is 1.26 bits per heavy atom. The molecule has 0 saturated carbocycles. The monoisotopic (exact) mass is 320 g/mol. The number of likely N-dealkylation sites (tertiary alicyclic amines) is 1. The number of nitrogens with zero attached hydrogens (tertiary/aromatic N) is 2. The summed E-state index contributed by atoms with van der Waals surface area (Å²) in [5, 5.41) is 18.9. The van der Waals surface area contributed by atoms with E-state index >= 15 is 0 Å². The van der Waals surface area contributed by atoms with Crippen molar-refractivity contribution in [3.63, 3.8) is 0 Å². The molecule has 0 aromatic heterocycles. The lowest BCUT2D eigenvalue weighted by Crippen LogP contribution is -2.36. The van der Waals surface area contributed by atoms with E-state index in [2.05, 4.69) is 18.9 Å². The number of aliphatic hydroxyl groups excluding tert-OH is 2. The number of hydrogen-bond acceptors (Lipinski definition) is 4. The van der Waals surface area contributed by atoms with Gasteiger partial charge in [-0.15, -0.1) is 0 Å². The van der Waals surface area contributed by atoms with Crippen LogP contribution in [-0.4, -0.2) is 60.9 Å². The molecule has 5 heteroatoms. The minimum Gasteiger partial charge on any atom is -0.396 e. The molecule has 1 aliphatic rings. The maximum absolute atomic E-state index is 12.6. The van der Waals surface area contributed by atoms with Crippen molar-refractivity contribution >= 4 is 11.6 Å². The molecule has 1 amide bonds. The van der Waals surface area contributed by atoms with Crippen molar-refractivity contribution in [2.75, 3.05) is 44.8 Å². The molecule has 0 atom stereocenters. The lowest BCUT2D eigenvalue weighted by Gasteiger charge is -2.24. The van der Waals surface area contributed by atoms with Gasteiger partial charge < -0.3 is 20.0 Å². The fourth-order valence-corrected chi connectivity index (χ4v) is 2.98. The fourth-order valence-electron chi connectivity index (χ4n) is 2.98. The number of aliphatic hydroxyl groups is 2. The molecule has 1 saturated heterocycles. The van der Waals surface area contributed by atoms with Crippen LogP contribution in [0.5, 0.6) is 0 Å². The Balaban J connectivity index is 2.01. The first-order valence-corrected chi connectivity index (χ1v) is 8.37. The largest absolute Gasteiger partial charge is 0.396 e. The summed E-state index contributed by atoms with van der Waals surface area (Å²) in [5.41, 5.74) is 1.22. The van der Waals surface area contributed by atoms with Gasteiger partial charge >= 0.3 is 0 Å². The van der Waals surface area contributed by atoms with Crippen LogP contribution in [0, 0.1) is 5.41 Å². The number of unbranched alkanes of at least 4 members (excludes halogenated alkanes) is 1. The summed E-state index contributed by atoms with van der Waals surface area (Å²) >= 11 is 0. The summed E-state index contributed by atoms with van der Waals surface area (Å²) in [6.07, 6.45) is 2.95. The molecule has 0 unspecified atom stereocenters. The molecule has 1 heterocycles. The zero-order valence-electron chi connectivity index (χ0n) is 14.2. The van der Waals surface area contributed by atoms with Crippen molar-refractivity contribution in [3.8, 4) is 0 Å². The topological polar surface area (TPSA) is 64.0 Å². The van der Waals surface area contributed by atoms with Crippen molar-refractivity contribution in [2.45, 2.75) is 26.2 Å². The van der Waals surface area contributed by atoms with Crippen LogP contribution < -0.4 is 4.90 Å². The van der Waals surface area contributed by atoms with E-state index in [0.717, 1.165) is 25.1 Å². The Bertz CT molecular complexity index is 512. The standard InChI is InChI=1S/C18H28N2O3/c1-3-4-10-19(2)16-7-5-15(6-8-16)17(23)20-11-9-18(12-20,13-21)14-22/h5-8,21-22H,3-4,9-14H2,1-2H3. The summed E-state index contributed by atoms with van der Waals surface area (Å²) < 4.78 is 0. The van der Waals surface area contributed by atoms with Crippen LogP contribution >= 0.6 is 0 Å². The Labute approximate surface area is 138 Å². The first-order chi connectivity index (χ1) is 11.0. The minimum atomic E-state index is -0.546. The van der Waals surface area contributed by atoms with Crippen molar-refractivity contribution in [1.82, 2.24) is 4.90 Å². The second-order valence-corrected chi connectivity index (χ2v) is 6.61. The fraction of sp³-hybridized carbons (Fsp3) is 0.611. The van der Waals surface area contributed by atoms with E-state index in [1.54, 1.807) is 4.90 Å². The lowest BCUT2D eigenvalue weighted by atomic mass is 9.89. The summed E-state index contributed by atoms with van der Waals surface area (Å²) in [4.78, 5) is 16.5. The van der Waals surface area contributed by atoms with E-state index < -0.39 is 5.41 Å². The van der Waals surface area contributed by atoms with E-state index in [4.69, 9.17) is 0 Å². The third-order valence-corrected chi connectivity index (χ3v) is 4.80. The summed E-state index contributed by atoms with van der Waals surface area (Å²) in [6.45, 7) is 3.99. The average Bonchev–Trinajstić information content (AvgIpc) is 3.04. The van der Waals surface area contributed by atoms with Crippen LogP contribution in [0.2, 0.25) is 0 Å². The van der Waals surface area contributed by atoms with Crippen molar-refractivity contribution < 1.29 is 15.0 Å². The molecule has 2 N–H and O–H groups in total. The second kappa shape index (κ2) is 7.79. The maximum atomic E-state index is 12.6. The summed E-state index contributed by atoms with van der Waals surface area (Å²) in [5.74, 6) is -0.0310. The Morgan fingerprint density at radius 3 is 2.43 bits per heavy atom. The third kappa shape index (κ3) is 4.03. The number of carbonyl (C=O) groups excluding carboxylic acids is 1. The number of carbonyl (C=O) groups is 1. The lowest BCUT2D eigenvalue weighted by molar-refractivity contribution is 0.0548. The van der Waals surface area contributed by atoms with E-state index in [-0.39, 0.29) is 19.1 Å². The molecule has 1 fully saturated rings. The number of benzene rings is 1. The zero-order chi connectivity index (χ0) is 16.9. The number of hydrogen-bond donors (Lipinski definition) is 2. The van der Waals surface area contributed by atoms with Gasteiger partial charge in [0.05, 0.1) is 13.2 Å². The molecule has 5 nitrogen and oxygen atoms in total. The van der Waals surface area contributed by atoms with Gasteiger partial charge in [0.2, 0.25) is 0 Å². The molecule has 1 aromatic rings. The molecule has 0 spiro atoms. The van der Waals surface area contributed by atoms with Gasteiger partial charge in [-0.25, -0.2) is 0 Å². The van der Waals surface area contributed by atoms with Gasteiger partial charge in [-0.2, -0.15) is 0 Å². The van der Waals surface area contributed by atoms with Crippen molar-refractivity contribution in [2.24, 2.45) is 5.41 Å². The molecule has 23 heavy (non-hydrogen) atoms. The predicted molar refractivity (Wildman–Crippen MR) is 91.7 cm³/mol.